The van der Waals surface area contributed by atoms with Gasteiger partial charge in [0.1, 0.15) is 5.75 Å². The van der Waals surface area contributed by atoms with Crippen LogP contribution in [0.1, 0.15) is 30.9 Å². The Morgan fingerprint density at radius 2 is 2.20 bits per heavy atom. The van der Waals surface area contributed by atoms with Gasteiger partial charge < -0.3 is 20.3 Å². The van der Waals surface area contributed by atoms with Crippen LogP contribution in [0.3, 0.4) is 0 Å². The number of nitrogens with one attached hydrogen (secondary N) is 2. The number of rotatable bonds is 6. The Morgan fingerprint density at radius 1 is 1.32 bits per heavy atom. The van der Waals surface area contributed by atoms with Crippen LogP contribution in [0.25, 0.3) is 0 Å². The average molecular weight is 345 g/mol. The van der Waals surface area contributed by atoms with Gasteiger partial charge in [0, 0.05) is 39.6 Å². The smallest absolute Gasteiger partial charge is 0.191 e. The van der Waals surface area contributed by atoms with Crippen molar-refractivity contribution in [2.75, 3.05) is 46.4 Å². The lowest BCUT2D eigenvalue weighted by atomic mass is 10.0. The zero-order chi connectivity index (χ0) is 17.5. The van der Waals surface area contributed by atoms with Crippen LogP contribution in [0, 0.1) is 5.92 Å². The molecule has 1 aromatic carbocycles. The molecule has 1 unspecified atom stereocenters. The Labute approximate surface area is 151 Å². The van der Waals surface area contributed by atoms with E-state index in [1.54, 1.807) is 0 Å². The Balaban J connectivity index is 1.35. The van der Waals surface area contributed by atoms with Crippen LogP contribution in [0.15, 0.2) is 23.2 Å². The van der Waals surface area contributed by atoms with Gasteiger partial charge in [0.15, 0.2) is 5.96 Å². The number of fused-ring (bicyclic) bond motifs is 1. The predicted molar refractivity (Wildman–Crippen MR) is 104 cm³/mol. The summed E-state index contributed by atoms with van der Waals surface area (Å²) in [6.07, 6.45) is 4.74. The molecule has 1 atom stereocenters. The number of hydrogen-bond donors (Lipinski definition) is 2. The van der Waals surface area contributed by atoms with E-state index in [4.69, 9.17) is 4.74 Å². The Hall–Kier alpha value is -1.75. The molecule has 0 amide bonds. The summed E-state index contributed by atoms with van der Waals surface area (Å²) in [5.41, 5.74) is 2.70. The normalized spacial score (nSPS) is 20.9. The fourth-order valence-electron chi connectivity index (χ4n) is 3.76. The third kappa shape index (κ3) is 5.36. The number of piperidine rings is 1. The second-order valence-electron chi connectivity index (χ2n) is 7.26. The molecule has 25 heavy (non-hydrogen) atoms. The molecule has 0 aromatic heterocycles. The van der Waals surface area contributed by atoms with Crippen molar-refractivity contribution in [1.82, 2.24) is 15.5 Å². The van der Waals surface area contributed by atoms with Crippen molar-refractivity contribution in [2.45, 2.75) is 32.6 Å². The van der Waals surface area contributed by atoms with Gasteiger partial charge in [0.05, 0.1) is 6.61 Å². The third-order valence-electron chi connectivity index (χ3n) is 5.15. The number of guanidine groups is 1. The second-order valence-corrected chi connectivity index (χ2v) is 7.26. The monoisotopic (exact) mass is 344 g/mol. The first-order valence-corrected chi connectivity index (χ1v) is 9.66. The summed E-state index contributed by atoms with van der Waals surface area (Å²) in [6, 6.07) is 6.54. The van der Waals surface area contributed by atoms with E-state index in [-0.39, 0.29) is 0 Å². The molecule has 2 aliphatic rings. The fraction of sp³-hybridized carbons (Fsp3) is 0.650. The molecular weight excluding hydrogens is 312 g/mol. The molecule has 0 bridgehead atoms. The summed E-state index contributed by atoms with van der Waals surface area (Å²) < 4.78 is 5.57. The van der Waals surface area contributed by atoms with E-state index in [2.05, 4.69) is 45.6 Å². The molecule has 0 aliphatic carbocycles. The van der Waals surface area contributed by atoms with Gasteiger partial charge in [-0.15, -0.1) is 0 Å². The van der Waals surface area contributed by atoms with Crippen molar-refractivity contribution in [2.24, 2.45) is 10.9 Å². The summed E-state index contributed by atoms with van der Waals surface area (Å²) in [4.78, 5) is 6.89. The first-order valence-electron chi connectivity index (χ1n) is 9.66. The minimum atomic E-state index is 0.823. The summed E-state index contributed by atoms with van der Waals surface area (Å²) >= 11 is 0. The Bertz CT molecular complexity index is 587. The van der Waals surface area contributed by atoms with Gasteiger partial charge in [0.2, 0.25) is 0 Å². The average Bonchev–Trinajstić information content (AvgIpc) is 3.08. The first kappa shape index (κ1) is 18.1. The van der Waals surface area contributed by atoms with E-state index in [0.717, 1.165) is 56.7 Å². The van der Waals surface area contributed by atoms with Crippen molar-refractivity contribution in [3.63, 3.8) is 0 Å². The molecule has 1 saturated heterocycles. The maximum atomic E-state index is 5.57. The van der Waals surface area contributed by atoms with Crippen LogP contribution in [-0.2, 0) is 12.8 Å². The van der Waals surface area contributed by atoms with Crippen LogP contribution in [0.5, 0.6) is 5.75 Å². The van der Waals surface area contributed by atoms with Crippen molar-refractivity contribution in [3.8, 4) is 5.75 Å². The molecule has 0 saturated carbocycles. The van der Waals surface area contributed by atoms with Crippen LogP contribution in [-0.4, -0.2) is 57.2 Å². The van der Waals surface area contributed by atoms with Gasteiger partial charge in [-0.1, -0.05) is 19.1 Å². The number of aliphatic imine (C=N–C) groups is 1. The van der Waals surface area contributed by atoms with Gasteiger partial charge in [0.25, 0.3) is 0 Å². The van der Waals surface area contributed by atoms with Gasteiger partial charge in [-0.05, 0) is 48.9 Å². The summed E-state index contributed by atoms with van der Waals surface area (Å²) in [5.74, 6) is 2.79. The van der Waals surface area contributed by atoms with E-state index in [1.807, 2.05) is 7.05 Å². The van der Waals surface area contributed by atoms with Crippen molar-refractivity contribution >= 4 is 5.96 Å². The maximum absolute atomic E-state index is 5.57. The largest absolute Gasteiger partial charge is 0.493 e. The van der Waals surface area contributed by atoms with Crippen LogP contribution >= 0.6 is 0 Å². The summed E-state index contributed by atoms with van der Waals surface area (Å²) in [7, 11) is 1.84. The standard InChI is InChI=1S/C20H32N4O/c1-16-4-3-11-24(15-16)12-10-23-20(21-2)22-9-7-17-5-6-19-18(14-17)8-13-25-19/h5-6,14,16H,3-4,7-13,15H2,1-2H3,(H2,21,22,23). The highest BCUT2D eigenvalue weighted by atomic mass is 16.5. The molecule has 5 nitrogen and oxygen atoms in total. The number of benzene rings is 1. The Morgan fingerprint density at radius 3 is 3.04 bits per heavy atom. The number of nitrogens with zero attached hydrogens (tertiary/aromatic N) is 2. The molecule has 3 rings (SSSR count). The van der Waals surface area contributed by atoms with Crippen LogP contribution in [0.2, 0.25) is 0 Å². The molecule has 138 valence electrons. The molecule has 2 heterocycles. The van der Waals surface area contributed by atoms with Gasteiger partial charge in [-0.2, -0.15) is 0 Å². The highest BCUT2D eigenvalue weighted by molar-refractivity contribution is 5.79. The third-order valence-corrected chi connectivity index (χ3v) is 5.15. The molecule has 5 heteroatoms. The second kappa shape index (κ2) is 9.09. The van der Waals surface area contributed by atoms with Crippen molar-refractivity contribution in [1.29, 1.82) is 0 Å². The SMILES string of the molecule is CN=C(NCCc1ccc2c(c1)CCO2)NCCN1CCCC(C)C1. The summed E-state index contributed by atoms with van der Waals surface area (Å²) in [5, 5.41) is 6.86. The molecule has 1 fully saturated rings. The maximum Gasteiger partial charge on any atom is 0.191 e. The zero-order valence-corrected chi connectivity index (χ0v) is 15.7. The quantitative estimate of drug-likeness (QED) is 0.613. The zero-order valence-electron chi connectivity index (χ0n) is 15.7. The van der Waals surface area contributed by atoms with E-state index in [9.17, 15) is 0 Å². The molecule has 2 aliphatic heterocycles. The number of likely N-dealkylation sites (tertiary alicyclic amines) is 1. The number of ether oxygens (including phenoxy) is 1. The van der Waals surface area contributed by atoms with Crippen molar-refractivity contribution in [3.05, 3.63) is 29.3 Å². The fourth-order valence-corrected chi connectivity index (χ4v) is 3.76. The minimum absolute atomic E-state index is 0.823. The van der Waals surface area contributed by atoms with E-state index >= 15 is 0 Å². The van der Waals surface area contributed by atoms with E-state index in [1.165, 1.54) is 37.1 Å². The minimum Gasteiger partial charge on any atom is -0.493 e. The van der Waals surface area contributed by atoms with Crippen molar-refractivity contribution < 1.29 is 4.74 Å². The molecule has 0 spiro atoms. The summed E-state index contributed by atoms with van der Waals surface area (Å²) in [6.45, 7) is 8.57. The highest BCUT2D eigenvalue weighted by Crippen LogP contribution is 2.25. The van der Waals surface area contributed by atoms with Crippen LogP contribution in [0.4, 0.5) is 0 Å². The van der Waals surface area contributed by atoms with Gasteiger partial charge in [-0.3, -0.25) is 4.99 Å². The number of hydrogen-bond acceptors (Lipinski definition) is 3. The van der Waals surface area contributed by atoms with Gasteiger partial charge in [-0.25, -0.2) is 0 Å². The highest BCUT2D eigenvalue weighted by Gasteiger charge is 2.15. The molecular formula is C20H32N4O. The topological polar surface area (TPSA) is 48.9 Å². The van der Waals surface area contributed by atoms with Gasteiger partial charge >= 0.3 is 0 Å². The first-order chi connectivity index (χ1) is 12.2. The molecule has 2 N–H and O–H groups in total. The predicted octanol–water partition coefficient (Wildman–Crippen LogP) is 2.06. The molecule has 0 radical (unpaired) electrons. The molecule has 1 aromatic rings. The lowest BCUT2D eigenvalue weighted by Crippen LogP contribution is -2.44. The van der Waals surface area contributed by atoms with E-state index in [0.29, 0.717) is 0 Å². The van der Waals surface area contributed by atoms with E-state index < -0.39 is 0 Å². The van der Waals surface area contributed by atoms with Crippen LogP contribution < -0.4 is 15.4 Å². The lowest BCUT2D eigenvalue weighted by Gasteiger charge is -2.30. The lowest BCUT2D eigenvalue weighted by molar-refractivity contribution is 0.187. The Kier molecular flexibility index (Phi) is 6.56.